The van der Waals surface area contributed by atoms with E-state index in [2.05, 4.69) is 11.1 Å². The Bertz CT molecular complexity index is 1460. The molecule has 0 saturated carbocycles. The van der Waals surface area contributed by atoms with Crippen LogP contribution in [0.4, 0.5) is 4.39 Å². The van der Waals surface area contributed by atoms with E-state index >= 15 is 0 Å². The first kappa shape index (κ1) is 29.3. The smallest absolute Gasteiger partial charge is 0.184 e. The van der Waals surface area contributed by atoms with Crippen LogP contribution in [0.2, 0.25) is 5.02 Å². The van der Waals surface area contributed by atoms with Crippen LogP contribution in [0.1, 0.15) is 28.7 Å². The second kappa shape index (κ2) is 12.8. The van der Waals surface area contributed by atoms with Gasteiger partial charge in [-0.1, -0.05) is 65.8 Å². The number of halogens is 2. The van der Waals surface area contributed by atoms with Crippen LogP contribution in [0.5, 0.6) is 0 Å². The Balaban J connectivity index is 1.50. The molecule has 41 heavy (non-hydrogen) atoms. The number of fused-ring (bicyclic) bond motifs is 1. The van der Waals surface area contributed by atoms with Crippen LogP contribution < -0.4 is 11.6 Å². The molecule has 0 spiro atoms. The number of hydrogen-bond acceptors (Lipinski definition) is 10. The fourth-order valence-corrected chi connectivity index (χ4v) is 6.33. The lowest BCUT2D eigenvalue weighted by Gasteiger charge is -2.51. The fraction of sp³-hybridized carbons (Fsp3) is 0.310. The van der Waals surface area contributed by atoms with Crippen molar-refractivity contribution in [2.24, 2.45) is 11.6 Å². The number of thioether (sulfide) groups is 1. The van der Waals surface area contributed by atoms with Gasteiger partial charge in [0, 0.05) is 35.5 Å². The predicted molar refractivity (Wildman–Crippen MR) is 152 cm³/mol. The lowest BCUT2D eigenvalue weighted by molar-refractivity contribution is -0.309. The topological polar surface area (TPSA) is 129 Å². The molecule has 9 nitrogen and oxygen atoms in total. The average Bonchev–Trinajstić information content (AvgIpc) is 2.98. The van der Waals surface area contributed by atoms with Gasteiger partial charge >= 0.3 is 0 Å². The molecule has 4 N–H and O–H groups in total. The third-order valence-corrected chi connectivity index (χ3v) is 8.34. The second-order valence-electron chi connectivity index (χ2n) is 9.64. The molecule has 214 valence electrons. The summed E-state index contributed by atoms with van der Waals surface area (Å²) in [5.41, 5.74) is 8.00. The molecule has 6 atom stereocenters. The van der Waals surface area contributed by atoms with Crippen LogP contribution in [-0.4, -0.2) is 53.5 Å². The molecule has 2 aromatic carbocycles. The van der Waals surface area contributed by atoms with Gasteiger partial charge in [-0.15, -0.1) is 0 Å². The molecule has 2 fully saturated rings. The van der Waals surface area contributed by atoms with Gasteiger partial charge in [0.15, 0.2) is 12.0 Å². The highest BCUT2D eigenvalue weighted by molar-refractivity contribution is 7.99. The first-order valence-corrected chi connectivity index (χ1v) is 14.0. The van der Waals surface area contributed by atoms with E-state index in [1.165, 1.54) is 35.2 Å². The number of aryl methyl sites for hydroxylation is 1. The van der Waals surface area contributed by atoms with Crippen molar-refractivity contribution in [1.82, 2.24) is 9.99 Å². The van der Waals surface area contributed by atoms with Crippen molar-refractivity contribution in [3.05, 3.63) is 100 Å². The van der Waals surface area contributed by atoms with Crippen molar-refractivity contribution in [2.75, 3.05) is 13.7 Å². The minimum Gasteiger partial charge on any atom is -0.397 e. The fourth-order valence-electron chi connectivity index (χ4n) is 4.84. The molecular formula is C29H29ClFN5O4S. The summed E-state index contributed by atoms with van der Waals surface area (Å²) in [6.45, 7) is 1.89. The lowest BCUT2D eigenvalue weighted by Crippen LogP contribution is -2.67. The number of nitrogens with two attached hydrogens (primary N) is 2. The monoisotopic (exact) mass is 597 g/mol. The molecule has 5 rings (SSSR count). The Morgan fingerprint density at radius 1 is 1.24 bits per heavy atom. The quantitative estimate of drug-likeness (QED) is 0.297. The molecule has 0 amide bonds. The maximum Gasteiger partial charge on any atom is 0.184 e. The van der Waals surface area contributed by atoms with Gasteiger partial charge in [-0.2, -0.15) is 5.26 Å². The highest BCUT2D eigenvalue weighted by Gasteiger charge is 2.52. The summed E-state index contributed by atoms with van der Waals surface area (Å²) in [5, 5.41) is 11.4. The van der Waals surface area contributed by atoms with Crippen LogP contribution in [0, 0.1) is 24.1 Å². The summed E-state index contributed by atoms with van der Waals surface area (Å²) in [4.78, 5) is 4.65. The molecule has 0 radical (unpaired) electrons. The average molecular weight is 598 g/mol. The maximum absolute atomic E-state index is 14.3. The van der Waals surface area contributed by atoms with Crippen molar-refractivity contribution >= 4 is 29.1 Å². The number of ether oxygens (including phenoxy) is 4. The van der Waals surface area contributed by atoms with Crippen molar-refractivity contribution in [3.8, 4) is 6.07 Å². The van der Waals surface area contributed by atoms with E-state index in [1.807, 2.05) is 30.3 Å². The molecular weight excluding hydrogens is 569 g/mol. The summed E-state index contributed by atoms with van der Waals surface area (Å²) in [6, 6.07) is 17.4. The van der Waals surface area contributed by atoms with Crippen LogP contribution in [0.3, 0.4) is 0 Å². The van der Waals surface area contributed by atoms with E-state index in [9.17, 15) is 9.65 Å². The minimum absolute atomic E-state index is 0.201. The third kappa shape index (κ3) is 6.34. The molecule has 3 heterocycles. The first-order valence-electron chi connectivity index (χ1n) is 12.8. The van der Waals surface area contributed by atoms with Gasteiger partial charge in [0.2, 0.25) is 0 Å². The van der Waals surface area contributed by atoms with Crippen molar-refractivity contribution < 1.29 is 23.3 Å². The summed E-state index contributed by atoms with van der Waals surface area (Å²) < 4.78 is 39.2. The zero-order chi connectivity index (χ0) is 29.1. The number of benzene rings is 2. The highest BCUT2D eigenvalue weighted by Crippen LogP contribution is 2.42. The van der Waals surface area contributed by atoms with E-state index in [0.717, 1.165) is 5.56 Å². The Labute approximate surface area is 246 Å². The molecule has 2 aliphatic rings. The number of aromatic nitrogens is 1. The van der Waals surface area contributed by atoms with Crippen molar-refractivity contribution in [1.29, 1.82) is 5.26 Å². The molecule has 6 unspecified atom stereocenters. The van der Waals surface area contributed by atoms with E-state index in [-0.39, 0.29) is 23.8 Å². The number of pyridine rings is 1. The summed E-state index contributed by atoms with van der Waals surface area (Å²) in [6.07, 6.45) is 0.460. The normalized spacial score (nSPS) is 26.2. The Morgan fingerprint density at radius 2 is 2.02 bits per heavy atom. The van der Waals surface area contributed by atoms with Crippen LogP contribution in [0.25, 0.3) is 5.70 Å². The van der Waals surface area contributed by atoms with Gasteiger partial charge in [0.05, 0.1) is 17.3 Å². The number of nitrogens with zero attached hydrogens (tertiary/aromatic N) is 3. The van der Waals surface area contributed by atoms with E-state index in [1.54, 1.807) is 32.2 Å². The molecule has 1 aromatic heterocycles. The first-order chi connectivity index (χ1) is 19.8. The zero-order valence-corrected chi connectivity index (χ0v) is 23.9. The van der Waals surface area contributed by atoms with E-state index in [4.69, 9.17) is 42.1 Å². The standard InChI is InChI=1S/C29H29ClFN5O4S/c1-16-8-9-18(10-20(16)31)21(33)14-36(34)25-26-23(15-38-28(40-26)17-6-4-3-5-7-17)39-29(27(25)37-2)41-24-11-19(30)13-35-22(24)12-32/h3-11,13-14,23,25-29H,15,33-34H2,1-2H3/b21-14-. The molecule has 0 aliphatic carbocycles. The second-order valence-corrected chi connectivity index (χ2v) is 11.2. The van der Waals surface area contributed by atoms with Gasteiger partial charge in [-0.05, 0) is 24.6 Å². The lowest BCUT2D eigenvalue weighted by atomic mass is 9.95. The number of nitriles is 1. The van der Waals surface area contributed by atoms with Gasteiger partial charge in [0.1, 0.15) is 41.7 Å². The van der Waals surface area contributed by atoms with Gasteiger partial charge < -0.3 is 29.7 Å². The van der Waals surface area contributed by atoms with Crippen LogP contribution >= 0.6 is 23.4 Å². The molecule has 3 aromatic rings. The molecule has 12 heteroatoms. The summed E-state index contributed by atoms with van der Waals surface area (Å²) in [5.74, 6) is 6.31. The maximum atomic E-state index is 14.3. The van der Waals surface area contributed by atoms with E-state index < -0.39 is 36.1 Å². The zero-order valence-electron chi connectivity index (χ0n) is 22.3. The third-order valence-electron chi connectivity index (χ3n) is 6.96. The highest BCUT2D eigenvalue weighted by atomic mass is 35.5. The largest absolute Gasteiger partial charge is 0.397 e. The van der Waals surface area contributed by atoms with Gasteiger partial charge in [-0.25, -0.2) is 15.2 Å². The van der Waals surface area contributed by atoms with Crippen LogP contribution in [0.15, 0.2) is 71.9 Å². The van der Waals surface area contributed by atoms with E-state index in [0.29, 0.717) is 21.0 Å². The molecule has 2 saturated heterocycles. The Hall–Kier alpha value is -3.21. The number of methoxy groups -OCH3 is 1. The predicted octanol–water partition coefficient (Wildman–Crippen LogP) is 4.50. The number of hydrazine groups is 1. The molecule has 0 bridgehead atoms. The van der Waals surface area contributed by atoms with Gasteiger partial charge in [0.25, 0.3) is 0 Å². The summed E-state index contributed by atoms with van der Waals surface area (Å²) >= 11 is 7.43. The Morgan fingerprint density at radius 3 is 2.73 bits per heavy atom. The number of rotatable bonds is 7. The number of hydrogen-bond donors (Lipinski definition) is 2. The molecule has 2 aliphatic heterocycles. The van der Waals surface area contributed by atoms with Crippen molar-refractivity contribution in [2.45, 2.75) is 47.9 Å². The minimum atomic E-state index is -0.676. The van der Waals surface area contributed by atoms with Crippen LogP contribution in [-0.2, 0) is 18.9 Å². The van der Waals surface area contributed by atoms with Gasteiger partial charge in [-0.3, -0.25) is 0 Å². The van der Waals surface area contributed by atoms with Crippen molar-refractivity contribution in [3.63, 3.8) is 0 Å². The Kier molecular flexibility index (Phi) is 9.11. The summed E-state index contributed by atoms with van der Waals surface area (Å²) in [7, 11) is 1.54. The SMILES string of the molecule is COC1C(Sc2cc(Cl)cnc2C#N)OC2COC(c3ccccc3)OC2C1N(N)/C=C(\N)c1ccc(C)c(F)c1.